The van der Waals surface area contributed by atoms with Gasteiger partial charge in [0.2, 0.25) is 0 Å². The van der Waals surface area contributed by atoms with Crippen LogP contribution in [0, 0.1) is 0 Å². The van der Waals surface area contributed by atoms with Crippen molar-refractivity contribution in [3.05, 3.63) is 12.7 Å². The van der Waals surface area contributed by atoms with Crippen molar-refractivity contribution in [3.8, 4) is 0 Å². The van der Waals surface area contributed by atoms with Gasteiger partial charge >= 0.3 is 0 Å². The molecule has 3 nitrogen and oxygen atoms in total. The molecular formula is C11H22N2O. The summed E-state index contributed by atoms with van der Waals surface area (Å²) >= 11 is 0. The van der Waals surface area contributed by atoms with Gasteiger partial charge in [-0.15, -0.1) is 6.58 Å². The van der Waals surface area contributed by atoms with Crippen LogP contribution in [-0.2, 0) is 4.74 Å². The predicted octanol–water partition coefficient (Wildman–Crippen LogP) is 1.00. The number of ether oxygens (including phenoxy) is 1. The largest absolute Gasteiger partial charge is 0.380 e. The van der Waals surface area contributed by atoms with Crippen molar-refractivity contribution < 1.29 is 4.74 Å². The molecule has 1 aliphatic rings. The van der Waals surface area contributed by atoms with Gasteiger partial charge in [0, 0.05) is 32.8 Å². The average molecular weight is 198 g/mol. The van der Waals surface area contributed by atoms with Crippen LogP contribution in [0.4, 0.5) is 0 Å². The van der Waals surface area contributed by atoms with Crippen molar-refractivity contribution in [1.82, 2.24) is 4.90 Å². The van der Waals surface area contributed by atoms with Crippen LogP contribution in [0.3, 0.4) is 0 Å². The lowest BCUT2D eigenvalue weighted by Crippen LogP contribution is -2.32. The van der Waals surface area contributed by atoms with Gasteiger partial charge in [-0.3, -0.25) is 4.90 Å². The van der Waals surface area contributed by atoms with Gasteiger partial charge in [0.1, 0.15) is 0 Å². The van der Waals surface area contributed by atoms with Crippen molar-refractivity contribution >= 4 is 0 Å². The fraction of sp³-hybridized carbons (Fsp3) is 0.818. The summed E-state index contributed by atoms with van der Waals surface area (Å²) in [7, 11) is 1.73. The van der Waals surface area contributed by atoms with Gasteiger partial charge in [-0.2, -0.15) is 0 Å². The highest BCUT2D eigenvalue weighted by atomic mass is 16.5. The third kappa shape index (κ3) is 3.78. The standard InChI is InChI=1S/C11H22N2O/c1-3-7-13(10-4-5-10)8-6-11(9-12)14-2/h3,10-11H,1,4-9,12H2,2H3. The van der Waals surface area contributed by atoms with E-state index in [0.717, 1.165) is 25.6 Å². The van der Waals surface area contributed by atoms with Crippen LogP contribution in [0.5, 0.6) is 0 Å². The van der Waals surface area contributed by atoms with Gasteiger partial charge in [0.15, 0.2) is 0 Å². The maximum atomic E-state index is 5.57. The Morgan fingerprint density at radius 2 is 2.36 bits per heavy atom. The molecule has 0 aromatic rings. The summed E-state index contributed by atoms with van der Waals surface area (Å²) in [6, 6.07) is 0.795. The van der Waals surface area contributed by atoms with Crippen molar-refractivity contribution in [2.24, 2.45) is 5.73 Å². The second-order valence-electron chi connectivity index (χ2n) is 3.90. The van der Waals surface area contributed by atoms with Gasteiger partial charge in [-0.1, -0.05) is 6.08 Å². The predicted molar refractivity (Wildman–Crippen MR) is 59.3 cm³/mol. The summed E-state index contributed by atoms with van der Waals surface area (Å²) < 4.78 is 5.25. The highest BCUT2D eigenvalue weighted by molar-refractivity contribution is 4.88. The first-order valence-corrected chi connectivity index (χ1v) is 5.39. The van der Waals surface area contributed by atoms with Crippen LogP contribution in [0.2, 0.25) is 0 Å². The lowest BCUT2D eigenvalue weighted by atomic mass is 10.2. The zero-order chi connectivity index (χ0) is 10.4. The van der Waals surface area contributed by atoms with Crippen LogP contribution in [0.15, 0.2) is 12.7 Å². The van der Waals surface area contributed by atoms with Crippen molar-refractivity contribution in [1.29, 1.82) is 0 Å². The topological polar surface area (TPSA) is 38.5 Å². The number of nitrogens with two attached hydrogens (primary N) is 1. The summed E-state index contributed by atoms with van der Waals surface area (Å²) in [5, 5.41) is 0. The molecule has 1 atom stereocenters. The van der Waals surface area contributed by atoms with E-state index in [0.29, 0.717) is 6.54 Å². The Labute approximate surface area is 86.9 Å². The summed E-state index contributed by atoms with van der Waals surface area (Å²) in [6.07, 6.45) is 5.89. The van der Waals surface area contributed by atoms with E-state index in [1.807, 2.05) is 6.08 Å². The van der Waals surface area contributed by atoms with Crippen molar-refractivity contribution in [2.75, 3.05) is 26.7 Å². The molecule has 14 heavy (non-hydrogen) atoms. The molecule has 0 spiro atoms. The van der Waals surface area contributed by atoms with Gasteiger partial charge < -0.3 is 10.5 Å². The molecule has 0 heterocycles. The summed E-state index contributed by atoms with van der Waals surface area (Å²) in [4.78, 5) is 2.47. The number of hydrogen-bond acceptors (Lipinski definition) is 3. The van der Waals surface area contributed by atoms with Gasteiger partial charge in [0.05, 0.1) is 6.10 Å². The highest BCUT2D eigenvalue weighted by Crippen LogP contribution is 2.26. The van der Waals surface area contributed by atoms with Crippen LogP contribution < -0.4 is 5.73 Å². The Morgan fingerprint density at radius 1 is 1.64 bits per heavy atom. The van der Waals surface area contributed by atoms with Gasteiger partial charge in [-0.25, -0.2) is 0 Å². The van der Waals surface area contributed by atoms with E-state index in [2.05, 4.69) is 11.5 Å². The minimum Gasteiger partial charge on any atom is -0.380 e. The van der Waals surface area contributed by atoms with E-state index in [1.165, 1.54) is 12.8 Å². The first kappa shape index (κ1) is 11.7. The molecule has 1 aliphatic carbocycles. The van der Waals surface area contributed by atoms with Crippen LogP contribution in [0.1, 0.15) is 19.3 Å². The Bertz CT molecular complexity index is 165. The Hall–Kier alpha value is -0.380. The van der Waals surface area contributed by atoms with Crippen molar-refractivity contribution in [3.63, 3.8) is 0 Å². The smallest absolute Gasteiger partial charge is 0.0705 e. The zero-order valence-electron chi connectivity index (χ0n) is 9.11. The second-order valence-corrected chi connectivity index (χ2v) is 3.90. The van der Waals surface area contributed by atoms with E-state index < -0.39 is 0 Å². The molecular weight excluding hydrogens is 176 g/mol. The highest BCUT2D eigenvalue weighted by Gasteiger charge is 2.27. The van der Waals surface area contributed by atoms with E-state index in [4.69, 9.17) is 10.5 Å². The molecule has 0 amide bonds. The lowest BCUT2D eigenvalue weighted by molar-refractivity contribution is 0.0900. The van der Waals surface area contributed by atoms with E-state index >= 15 is 0 Å². The van der Waals surface area contributed by atoms with Crippen LogP contribution in [-0.4, -0.2) is 43.8 Å². The zero-order valence-corrected chi connectivity index (χ0v) is 9.11. The number of hydrogen-bond donors (Lipinski definition) is 1. The SMILES string of the molecule is C=CCN(CCC(CN)OC)C1CC1. The molecule has 0 saturated heterocycles. The molecule has 2 N–H and O–H groups in total. The molecule has 0 aliphatic heterocycles. The normalized spacial score (nSPS) is 18.5. The van der Waals surface area contributed by atoms with Crippen molar-refractivity contribution in [2.45, 2.75) is 31.4 Å². The first-order chi connectivity index (χ1) is 6.81. The third-order valence-corrected chi connectivity index (χ3v) is 2.76. The molecule has 0 bridgehead atoms. The quantitative estimate of drug-likeness (QED) is 0.591. The third-order valence-electron chi connectivity index (χ3n) is 2.76. The summed E-state index contributed by atoms with van der Waals surface area (Å²) in [5.41, 5.74) is 5.57. The Morgan fingerprint density at radius 3 is 2.79 bits per heavy atom. The molecule has 82 valence electrons. The molecule has 1 unspecified atom stereocenters. The summed E-state index contributed by atoms with van der Waals surface area (Å²) in [6.45, 7) is 6.46. The molecule has 0 aromatic heterocycles. The van der Waals surface area contributed by atoms with Crippen LogP contribution in [0.25, 0.3) is 0 Å². The van der Waals surface area contributed by atoms with E-state index in [9.17, 15) is 0 Å². The lowest BCUT2D eigenvalue weighted by Gasteiger charge is -2.22. The molecule has 1 saturated carbocycles. The second kappa shape index (κ2) is 6.17. The molecule has 0 radical (unpaired) electrons. The molecule has 1 fully saturated rings. The van der Waals surface area contributed by atoms with Crippen LogP contribution >= 0.6 is 0 Å². The maximum Gasteiger partial charge on any atom is 0.0705 e. The number of nitrogens with zero attached hydrogens (tertiary/aromatic N) is 1. The fourth-order valence-electron chi connectivity index (χ4n) is 1.67. The maximum absolute atomic E-state index is 5.57. The van der Waals surface area contributed by atoms with E-state index in [1.54, 1.807) is 7.11 Å². The fourth-order valence-corrected chi connectivity index (χ4v) is 1.67. The van der Waals surface area contributed by atoms with E-state index in [-0.39, 0.29) is 6.10 Å². The monoisotopic (exact) mass is 198 g/mol. The first-order valence-electron chi connectivity index (χ1n) is 5.39. The number of methoxy groups -OCH3 is 1. The Balaban J connectivity index is 2.21. The minimum absolute atomic E-state index is 0.209. The Kier molecular flexibility index (Phi) is 5.15. The van der Waals surface area contributed by atoms with Gasteiger partial charge in [0.25, 0.3) is 0 Å². The molecule has 3 heteroatoms. The summed E-state index contributed by atoms with van der Waals surface area (Å²) in [5.74, 6) is 0. The minimum atomic E-state index is 0.209. The molecule has 0 aromatic carbocycles. The average Bonchev–Trinajstić information content (AvgIpc) is 3.01. The number of rotatable bonds is 8. The van der Waals surface area contributed by atoms with Gasteiger partial charge in [-0.05, 0) is 19.3 Å². The molecule has 1 rings (SSSR count).